The monoisotopic (exact) mass is 292 g/mol. The molecule has 2 aromatic rings. The largest absolute Gasteiger partial charge is 0.492 e. The van der Waals surface area contributed by atoms with Crippen LogP contribution in [-0.2, 0) is 0 Å². The van der Waals surface area contributed by atoms with Crippen LogP contribution < -0.4 is 15.8 Å². The molecule has 6 heteroatoms. The highest BCUT2D eigenvalue weighted by atomic mass is 19.1. The smallest absolute Gasteiger partial charge is 0.257 e. The minimum absolute atomic E-state index is 0.113. The first-order valence-electron chi connectivity index (χ1n) is 6.29. The molecule has 0 aliphatic rings. The summed E-state index contributed by atoms with van der Waals surface area (Å²) < 4.78 is 32.4. The number of nitrogens with one attached hydrogen (secondary N) is 1. The summed E-state index contributed by atoms with van der Waals surface area (Å²) >= 11 is 0. The second-order valence-electron chi connectivity index (χ2n) is 4.24. The SMILES string of the molecule is Nc1ccc(F)c(C(=O)NCCOc2ccccc2)c1F. The van der Waals surface area contributed by atoms with E-state index >= 15 is 0 Å². The van der Waals surface area contributed by atoms with E-state index in [1.807, 2.05) is 18.2 Å². The number of para-hydroxylation sites is 1. The highest BCUT2D eigenvalue weighted by Crippen LogP contribution is 2.18. The molecule has 0 bridgehead atoms. The van der Waals surface area contributed by atoms with Crippen molar-refractivity contribution in [1.29, 1.82) is 0 Å². The van der Waals surface area contributed by atoms with E-state index in [0.717, 1.165) is 12.1 Å². The third kappa shape index (κ3) is 3.68. The van der Waals surface area contributed by atoms with E-state index in [-0.39, 0.29) is 18.8 Å². The van der Waals surface area contributed by atoms with Crippen molar-refractivity contribution in [2.75, 3.05) is 18.9 Å². The van der Waals surface area contributed by atoms with Crippen molar-refractivity contribution >= 4 is 11.6 Å². The molecule has 2 aromatic carbocycles. The van der Waals surface area contributed by atoms with Crippen LogP contribution in [-0.4, -0.2) is 19.1 Å². The Labute approximate surface area is 120 Å². The molecular formula is C15H14F2N2O2. The summed E-state index contributed by atoms with van der Waals surface area (Å²) in [6.45, 7) is 0.294. The summed E-state index contributed by atoms with van der Waals surface area (Å²) in [5.41, 5.74) is 4.35. The van der Waals surface area contributed by atoms with Gasteiger partial charge in [0, 0.05) is 0 Å². The van der Waals surface area contributed by atoms with Gasteiger partial charge >= 0.3 is 0 Å². The third-order valence-corrected chi connectivity index (χ3v) is 2.75. The maximum atomic E-state index is 13.6. The van der Waals surface area contributed by atoms with E-state index in [1.165, 1.54) is 0 Å². The molecule has 0 spiro atoms. The van der Waals surface area contributed by atoms with Crippen molar-refractivity contribution in [3.05, 3.63) is 59.7 Å². The summed E-state index contributed by atoms with van der Waals surface area (Å²) in [6, 6.07) is 11.0. The molecule has 0 aliphatic heterocycles. The van der Waals surface area contributed by atoms with Crippen LogP contribution in [0, 0.1) is 11.6 Å². The molecule has 0 saturated heterocycles. The van der Waals surface area contributed by atoms with Gasteiger partial charge in [-0.05, 0) is 24.3 Å². The van der Waals surface area contributed by atoms with Gasteiger partial charge in [-0.25, -0.2) is 8.78 Å². The second-order valence-corrected chi connectivity index (χ2v) is 4.24. The molecule has 3 N–H and O–H groups in total. The van der Waals surface area contributed by atoms with Crippen molar-refractivity contribution in [1.82, 2.24) is 5.32 Å². The lowest BCUT2D eigenvalue weighted by molar-refractivity contribution is 0.0938. The predicted octanol–water partition coefficient (Wildman–Crippen LogP) is 2.36. The number of benzene rings is 2. The maximum Gasteiger partial charge on any atom is 0.257 e. The number of anilines is 1. The Morgan fingerprint density at radius 2 is 1.86 bits per heavy atom. The lowest BCUT2D eigenvalue weighted by Gasteiger charge is -2.09. The van der Waals surface area contributed by atoms with Crippen LogP contribution in [0.4, 0.5) is 14.5 Å². The molecule has 0 saturated carbocycles. The quantitative estimate of drug-likeness (QED) is 0.657. The van der Waals surface area contributed by atoms with E-state index in [0.29, 0.717) is 5.75 Å². The average Bonchev–Trinajstić information content (AvgIpc) is 2.49. The van der Waals surface area contributed by atoms with E-state index in [4.69, 9.17) is 10.5 Å². The number of carbonyl (C=O) groups excluding carboxylic acids is 1. The van der Waals surface area contributed by atoms with Crippen LogP contribution in [0.15, 0.2) is 42.5 Å². The zero-order valence-electron chi connectivity index (χ0n) is 11.1. The Bertz CT molecular complexity index is 633. The van der Waals surface area contributed by atoms with Gasteiger partial charge in [0.1, 0.15) is 23.7 Å². The zero-order valence-corrected chi connectivity index (χ0v) is 11.1. The van der Waals surface area contributed by atoms with Crippen LogP contribution in [0.25, 0.3) is 0 Å². The molecule has 0 fully saturated rings. The molecule has 110 valence electrons. The molecule has 0 unspecified atom stereocenters. The molecule has 4 nitrogen and oxygen atoms in total. The number of amides is 1. The molecule has 1 amide bonds. The number of carbonyl (C=O) groups is 1. The van der Waals surface area contributed by atoms with Gasteiger partial charge in [0.25, 0.3) is 5.91 Å². The first-order valence-corrected chi connectivity index (χ1v) is 6.29. The average molecular weight is 292 g/mol. The van der Waals surface area contributed by atoms with Gasteiger partial charge in [0.05, 0.1) is 12.2 Å². The minimum Gasteiger partial charge on any atom is -0.492 e. The van der Waals surface area contributed by atoms with E-state index in [1.54, 1.807) is 12.1 Å². The highest BCUT2D eigenvalue weighted by Gasteiger charge is 2.19. The molecule has 21 heavy (non-hydrogen) atoms. The first kappa shape index (κ1) is 14.8. The van der Waals surface area contributed by atoms with Gasteiger partial charge in [-0.15, -0.1) is 0 Å². The zero-order chi connectivity index (χ0) is 15.2. The number of hydrogen-bond acceptors (Lipinski definition) is 3. The van der Waals surface area contributed by atoms with Crippen LogP contribution in [0.3, 0.4) is 0 Å². The van der Waals surface area contributed by atoms with Gasteiger partial charge in [-0.3, -0.25) is 4.79 Å². The first-order chi connectivity index (χ1) is 10.1. The normalized spacial score (nSPS) is 10.2. The summed E-state index contributed by atoms with van der Waals surface area (Å²) in [5.74, 6) is -2.23. The van der Waals surface area contributed by atoms with Crippen LogP contribution in [0.2, 0.25) is 0 Å². The van der Waals surface area contributed by atoms with Crippen LogP contribution in [0.5, 0.6) is 5.75 Å². The molecular weight excluding hydrogens is 278 g/mol. The van der Waals surface area contributed by atoms with Crippen molar-refractivity contribution in [2.45, 2.75) is 0 Å². The fourth-order valence-corrected chi connectivity index (χ4v) is 1.72. The fourth-order valence-electron chi connectivity index (χ4n) is 1.72. The van der Waals surface area contributed by atoms with Crippen molar-refractivity contribution < 1.29 is 18.3 Å². The van der Waals surface area contributed by atoms with E-state index in [9.17, 15) is 13.6 Å². The summed E-state index contributed by atoms with van der Waals surface area (Å²) in [5, 5.41) is 2.38. The van der Waals surface area contributed by atoms with Crippen molar-refractivity contribution in [3.8, 4) is 5.75 Å². The lowest BCUT2D eigenvalue weighted by Crippen LogP contribution is -2.29. The van der Waals surface area contributed by atoms with Gasteiger partial charge in [-0.1, -0.05) is 18.2 Å². The topological polar surface area (TPSA) is 64.4 Å². The molecule has 2 rings (SSSR count). The maximum absolute atomic E-state index is 13.6. The van der Waals surface area contributed by atoms with Gasteiger partial charge in [-0.2, -0.15) is 0 Å². The summed E-state index contributed by atoms with van der Waals surface area (Å²) in [7, 11) is 0. The van der Waals surface area contributed by atoms with Gasteiger partial charge in [0.15, 0.2) is 5.82 Å². The van der Waals surface area contributed by atoms with Crippen LogP contribution >= 0.6 is 0 Å². The number of nitrogens with two attached hydrogens (primary N) is 1. The number of ether oxygens (including phenoxy) is 1. The predicted molar refractivity (Wildman–Crippen MR) is 75.0 cm³/mol. The minimum atomic E-state index is -1.06. The van der Waals surface area contributed by atoms with Gasteiger partial charge < -0.3 is 15.8 Å². The summed E-state index contributed by atoms with van der Waals surface area (Å²) in [6.07, 6.45) is 0. The second kappa shape index (κ2) is 6.69. The van der Waals surface area contributed by atoms with E-state index in [2.05, 4.69) is 5.32 Å². The Morgan fingerprint density at radius 3 is 2.57 bits per heavy atom. The lowest BCUT2D eigenvalue weighted by atomic mass is 10.1. The number of halogens is 2. The number of hydrogen-bond donors (Lipinski definition) is 2. The molecule has 0 heterocycles. The highest BCUT2D eigenvalue weighted by molar-refractivity contribution is 5.95. The van der Waals surface area contributed by atoms with Crippen LogP contribution in [0.1, 0.15) is 10.4 Å². The summed E-state index contributed by atoms with van der Waals surface area (Å²) in [4.78, 5) is 11.7. The Morgan fingerprint density at radius 1 is 1.14 bits per heavy atom. The molecule has 0 aliphatic carbocycles. The Hall–Kier alpha value is -2.63. The van der Waals surface area contributed by atoms with Gasteiger partial charge in [0.2, 0.25) is 0 Å². The fraction of sp³-hybridized carbons (Fsp3) is 0.133. The van der Waals surface area contributed by atoms with E-state index < -0.39 is 23.1 Å². The molecule has 0 atom stereocenters. The van der Waals surface area contributed by atoms with Crippen molar-refractivity contribution in [2.24, 2.45) is 0 Å². The number of nitrogen functional groups attached to an aromatic ring is 1. The van der Waals surface area contributed by atoms with Crippen molar-refractivity contribution in [3.63, 3.8) is 0 Å². The Kier molecular flexibility index (Phi) is 4.71. The number of rotatable bonds is 5. The molecule has 0 aromatic heterocycles. The third-order valence-electron chi connectivity index (χ3n) is 2.75. The standard InChI is InChI=1S/C15H14F2N2O2/c16-11-6-7-12(18)14(17)13(11)15(20)19-8-9-21-10-4-2-1-3-5-10/h1-7H,8-9,18H2,(H,19,20). The Balaban J connectivity index is 1.89. The molecule has 0 radical (unpaired) electrons.